The molecule has 0 aromatic heterocycles. The van der Waals surface area contributed by atoms with Gasteiger partial charge in [-0.25, -0.2) is 0 Å². The Morgan fingerprint density at radius 1 is 1.50 bits per heavy atom. The van der Waals surface area contributed by atoms with Gasteiger partial charge in [0.05, 0.1) is 0 Å². The van der Waals surface area contributed by atoms with Gasteiger partial charge in [0.2, 0.25) is 0 Å². The van der Waals surface area contributed by atoms with Crippen molar-refractivity contribution in [3.05, 3.63) is 0 Å². The highest BCUT2D eigenvalue weighted by atomic mass is 32.2. The fourth-order valence-corrected chi connectivity index (χ4v) is 1.20. The molecule has 0 unspecified atom stereocenters. The summed E-state index contributed by atoms with van der Waals surface area (Å²) in [5.74, 6) is 0.929. The molecule has 0 aliphatic heterocycles. The first-order valence-corrected chi connectivity index (χ1v) is 4.38. The molecule has 0 amide bonds. The Hall–Kier alpha value is -0.0200. The van der Waals surface area contributed by atoms with E-state index >= 15 is 0 Å². The molecule has 0 radical (unpaired) electrons. The topological polar surface area (TPSA) is 26.3 Å². The van der Waals surface area contributed by atoms with Crippen LogP contribution in [-0.2, 0) is 9.53 Å². The summed E-state index contributed by atoms with van der Waals surface area (Å²) in [6.45, 7) is 2.40. The van der Waals surface area contributed by atoms with Gasteiger partial charge in [-0.1, -0.05) is 11.8 Å². The highest BCUT2D eigenvalue weighted by Crippen LogP contribution is 2.04. The molecule has 60 valence electrons. The molecule has 0 bridgehead atoms. The summed E-state index contributed by atoms with van der Waals surface area (Å²) in [6.07, 6.45) is 2.12. The molecule has 2 nitrogen and oxygen atoms in total. The van der Waals surface area contributed by atoms with Crippen LogP contribution in [0.15, 0.2) is 0 Å². The van der Waals surface area contributed by atoms with Crippen molar-refractivity contribution in [2.75, 3.05) is 19.5 Å². The predicted molar refractivity (Wildman–Crippen MR) is 44.2 cm³/mol. The van der Waals surface area contributed by atoms with E-state index in [1.54, 1.807) is 14.0 Å². The zero-order valence-corrected chi connectivity index (χ0v) is 7.37. The van der Waals surface area contributed by atoms with Crippen LogP contribution in [0.1, 0.15) is 19.8 Å². The Balaban J connectivity index is 2.84. The molecule has 0 N–H and O–H groups in total. The van der Waals surface area contributed by atoms with Gasteiger partial charge in [-0.05, 0) is 12.8 Å². The molecule has 0 saturated carbocycles. The molecule has 0 aliphatic carbocycles. The molecule has 3 heteroatoms. The van der Waals surface area contributed by atoms with E-state index in [9.17, 15) is 4.79 Å². The van der Waals surface area contributed by atoms with Crippen LogP contribution in [0.25, 0.3) is 0 Å². The molecule has 10 heavy (non-hydrogen) atoms. The third-order valence-corrected chi connectivity index (χ3v) is 1.95. The maximum Gasteiger partial charge on any atom is 0.185 e. The van der Waals surface area contributed by atoms with Crippen LogP contribution in [0.2, 0.25) is 0 Å². The molecule has 0 heterocycles. The van der Waals surface area contributed by atoms with Crippen molar-refractivity contribution in [2.24, 2.45) is 0 Å². The number of carbonyl (C=O) groups is 1. The number of methoxy groups -OCH3 is 1. The fraction of sp³-hybridized carbons (Fsp3) is 0.857. The molecule has 0 atom stereocenters. The van der Waals surface area contributed by atoms with E-state index in [2.05, 4.69) is 0 Å². The summed E-state index contributed by atoms with van der Waals surface area (Å²) in [4.78, 5) is 10.4. The number of unbranched alkanes of at least 4 members (excludes halogenated alkanes) is 1. The van der Waals surface area contributed by atoms with Gasteiger partial charge in [-0.3, -0.25) is 4.79 Å². The van der Waals surface area contributed by atoms with Gasteiger partial charge < -0.3 is 4.74 Å². The lowest BCUT2D eigenvalue weighted by atomic mass is 10.4. The Morgan fingerprint density at radius 3 is 2.70 bits per heavy atom. The summed E-state index contributed by atoms with van der Waals surface area (Å²) in [6, 6.07) is 0. The Kier molecular flexibility index (Phi) is 7.08. The summed E-state index contributed by atoms with van der Waals surface area (Å²) >= 11 is 1.39. The minimum Gasteiger partial charge on any atom is -0.385 e. The number of ether oxygens (including phenoxy) is 1. The molecule has 0 saturated heterocycles. The van der Waals surface area contributed by atoms with Crippen LogP contribution < -0.4 is 0 Å². The van der Waals surface area contributed by atoms with Crippen molar-refractivity contribution in [1.29, 1.82) is 0 Å². The maximum absolute atomic E-state index is 10.4. The Morgan fingerprint density at radius 2 is 2.20 bits per heavy atom. The number of thioether (sulfide) groups is 1. The van der Waals surface area contributed by atoms with Crippen LogP contribution >= 0.6 is 11.8 Å². The van der Waals surface area contributed by atoms with E-state index in [1.165, 1.54) is 11.8 Å². The van der Waals surface area contributed by atoms with E-state index in [1.807, 2.05) is 0 Å². The van der Waals surface area contributed by atoms with Gasteiger partial charge in [0.25, 0.3) is 0 Å². The van der Waals surface area contributed by atoms with Gasteiger partial charge in [0.15, 0.2) is 5.12 Å². The second-order valence-corrected chi connectivity index (χ2v) is 3.31. The standard InChI is InChI=1S/C7H14O2S/c1-7(8)10-6-4-3-5-9-2/h3-6H2,1-2H3. The van der Waals surface area contributed by atoms with Crippen molar-refractivity contribution in [2.45, 2.75) is 19.8 Å². The molecule has 0 aromatic rings. The molecule has 0 aromatic carbocycles. The molecular weight excluding hydrogens is 148 g/mol. The Bertz CT molecular complexity index is 93.6. The van der Waals surface area contributed by atoms with Crippen LogP contribution in [0.4, 0.5) is 0 Å². The lowest BCUT2D eigenvalue weighted by Gasteiger charge is -1.96. The SMILES string of the molecule is COCCCCSC(C)=O. The predicted octanol–water partition coefficient (Wildman–Crippen LogP) is 1.69. The second kappa shape index (κ2) is 7.09. The summed E-state index contributed by atoms with van der Waals surface area (Å²) in [5.41, 5.74) is 0. The van der Waals surface area contributed by atoms with E-state index < -0.39 is 0 Å². The monoisotopic (exact) mass is 162 g/mol. The first kappa shape index (κ1) is 9.98. The average Bonchev–Trinajstić information content (AvgIpc) is 1.87. The first-order chi connectivity index (χ1) is 4.77. The minimum atomic E-state index is 0.206. The molecule has 0 fully saturated rings. The fourth-order valence-electron chi connectivity index (χ4n) is 0.564. The van der Waals surface area contributed by atoms with Gasteiger partial charge in [-0.2, -0.15) is 0 Å². The van der Waals surface area contributed by atoms with E-state index in [0.717, 1.165) is 25.2 Å². The van der Waals surface area contributed by atoms with Crippen molar-refractivity contribution >= 4 is 16.9 Å². The van der Waals surface area contributed by atoms with Crippen molar-refractivity contribution in [1.82, 2.24) is 0 Å². The number of hydrogen-bond donors (Lipinski definition) is 0. The third-order valence-electron chi connectivity index (χ3n) is 1.05. The molecule has 0 rings (SSSR count). The zero-order valence-electron chi connectivity index (χ0n) is 6.55. The lowest BCUT2D eigenvalue weighted by Crippen LogP contribution is -1.91. The first-order valence-electron chi connectivity index (χ1n) is 3.39. The van der Waals surface area contributed by atoms with Crippen molar-refractivity contribution < 1.29 is 9.53 Å². The van der Waals surface area contributed by atoms with Crippen molar-refractivity contribution in [3.63, 3.8) is 0 Å². The lowest BCUT2D eigenvalue weighted by molar-refractivity contribution is -0.109. The number of hydrogen-bond acceptors (Lipinski definition) is 3. The van der Waals surface area contributed by atoms with Crippen LogP contribution in [0.3, 0.4) is 0 Å². The highest BCUT2D eigenvalue weighted by Gasteiger charge is 1.92. The summed E-state index contributed by atoms with van der Waals surface area (Å²) in [5, 5.41) is 0.206. The van der Waals surface area contributed by atoms with E-state index in [-0.39, 0.29) is 5.12 Å². The molecular formula is C7H14O2S. The van der Waals surface area contributed by atoms with Crippen LogP contribution in [0, 0.1) is 0 Å². The quantitative estimate of drug-likeness (QED) is 0.575. The summed E-state index contributed by atoms with van der Waals surface area (Å²) < 4.78 is 4.85. The highest BCUT2D eigenvalue weighted by molar-refractivity contribution is 8.13. The Labute approximate surface area is 66.3 Å². The normalized spacial score (nSPS) is 9.80. The van der Waals surface area contributed by atoms with Gasteiger partial charge in [-0.15, -0.1) is 0 Å². The maximum atomic E-state index is 10.4. The average molecular weight is 162 g/mol. The minimum absolute atomic E-state index is 0.206. The van der Waals surface area contributed by atoms with Crippen LogP contribution in [0.5, 0.6) is 0 Å². The van der Waals surface area contributed by atoms with E-state index in [0.29, 0.717) is 0 Å². The third kappa shape index (κ3) is 7.98. The second-order valence-electron chi connectivity index (χ2n) is 2.04. The molecule has 0 spiro atoms. The smallest absolute Gasteiger partial charge is 0.185 e. The van der Waals surface area contributed by atoms with Gasteiger partial charge in [0.1, 0.15) is 0 Å². The van der Waals surface area contributed by atoms with Gasteiger partial charge >= 0.3 is 0 Å². The largest absolute Gasteiger partial charge is 0.385 e. The zero-order chi connectivity index (χ0) is 7.82. The summed E-state index contributed by atoms with van der Waals surface area (Å²) in [7, 11) is 1.69. The number of carbonyl (C=O) groups excluding carboxylic acids is 1. The van der Waals surface area contributed by atoms with Crippen molar-refractivity contribution in [3.8, 4) is 0 Å². The number of rotatable bonds is 5. The van der Waals surface area contributed by atoms with E-state index in [4.69, 9.17) is 4.74 Å². The van der Waals surface area contributed by atoms with Crippen LogP contribution in [-0.4, -0.2) is 24.6 Å². The van der Waals surface area contributed by atoms with Gasteiger partial charge in [0, 0.05) is 26.4 Å². The molecule has 0 aliphatic rings.